The van der Waals surface area contributed by atoms with Crippen molar-refractivity contribution in [2.24, 2.45) is 0 Å². The Balaban J connectivity index is 0.00000144. The van der Waals surface area contributed by atoms with Gasteiger partial charge in [0.15, 0.2) is 0 Å². The van der Waals surface area contributed by atoms with Crippen LogP contribution in [0.1, 0.15) is 12.0 Å². The number of ether oxygens (including phenoxy) is 1. The van der Waals surface area contributed by atoms with Gasteiger partial charge in [0.05, 0.1) is 0 Å². The average Bonchev–Trinajstić information content (AvgIpc) is 2.74. The Morgan fingerprint density at radius 2 is 2.12 bits per heavy atom. The van der Waals surface area contributed by atoms with E-state index in [-0.39, 0.29) is 37.9 Å². The maximum atomic E-state index is 12.8. The molecule has 1 heterocycles. The van der Waals surface area contributed by atoms with Crippen molar-refractivity contribution in [2.75, 3.05) is 6.54 Å². The summed E-state index contributed by atoms with van der Waals surface area (Å²) in [6, 6.07) is 8.94. The first-order chi connectivity index (χ1) is 7.75. The molecule has 1 aromatic carbocycles. The van der Waals surface area contributed by atoms with Crippen LogP contribution in [0.3, 0.4) is 0 Å². The molecular weight excluding hydrogens is 245 g/mol. The van der Waals surface area contributed by atoms with Gasteiger partial charge in [-0.1, -0.05) is 30.3 Å². The molecule has 0 unspecified atom stereocenters. The molecular formula is C12H15ClFNO2. The van der Waals surface area contributed by atoms with Gasteiger partial charge < -0.3 is 10.1 Å². The SMILES string of the molecule is Cl.O=C(OCc1ccccc1)[C@@H]1C[C@@H](F)CN1. The molecule has 1 fully saturated rings. The Labute approximate surface area is 106 Å². The summed E-state index contributed by atoms with van der Waals surface area (Å²) in [5.74, 6) is -0.371. The second-order valence-corrected chi connectivity index (χ2v) is 3.89. The van der Waals surface area contributed by atoms with Crippen LogP contribution in [0.15, 0.2) is 30.3 Å². The zero-order chi connectivity index (χ0) is 11.4. The smallest absolute Gasteiger partial charge is 0.323 e. The number of benzene rings is 1. The predicted octanol–water partition coefficient (Wildman–Crippen LogP) is 1.85. The van der Waals surface area contributed by atoms with Crippen molar-refractivity contribution in [1.29, 1.82) is 0 Å². The monoisotopic (exact) mass is 259 g/mol. The summed E-state index contributed by atoms with van der Waals surface area (Å²) in [4.78, 5) is 11.5. The molecule has 2 rings (SSSR count). The lowest BCUT2D eigenvalue weighted by Crippen LogP contribution is -2.32. The van der Waals surface area contributed by atoms with Gasteiger partial charge in [-0.2, -0.15) is 0 Å². The molecule has 0 bridgehead atoms. The molecule has 1 saturated heterocycles. The number of rotatable bonds is 3. The van der Waals surface area contributed by atoms with E-state index in [0.717, 1.165) is 5.56 Å². The van der Waals surface area contributed by atoms with Gasteiger partial charge in [-0.15, -0.1) is 12.4 Å². The number of esters is 1. The van der Waals surface area contributed by atoms with Crippen molar-refractivity contribution in [3.8, 4) is 0 Å². The van der Waals surface area contributed by atoms with Crippen molar-refractivity contribution < 1.29 is 13.9 Å². The minimum absolute atomic E-state index is 0. The zero-order valence-corrected chi connectivity index (χ0v) is 10.1. The predicted molar refractivity (Wildman–Crippen MR) is 64.8 cm³/mol. The highest BCUT2D eigenvalue weighted by molar-refractivity contribution is 5.85. The molecule has 1 aliphatic heterocycles. The standard InChI is InChI=1S/C12H14FNO2.ClH/c13-10-6-11(14-7-10)12(15)16-8-9-4-2-1-3-5-9;/h1-5,10-11,14H,6-8H2;1H/t10-,11+;/m1./s1. The highest BCUT2D eigenvalue weighted by atomic mass is 35.5. The van der Waals surface area contributed by atoms with E-state index in [1.807, 2.05) is 30.3 Å². The van der Waals surface area contributed by atoms with E-state index in [9.17, 15) is 9.18 Å². The zero-order valence-electron chi connectivity index (χ0n) is 9.27. The summed E-state index contributed by atoms with van der Waals surface area (Å²) in [6.07, 6.45) is -0.720. The average molecular weight is 260 g/mol. The van der Waals surface area contributed by atoms with E-state index in [1.54, 1.807) is 0 Å². The Morgan fingerprint density at radius 1 is 1.41 bits per heavy atom. The third kappa shape index (κ3) is 3.98. The molecule has 0 spiro atoms. The van der Waals surface area contributed by atoms with Gasteiger partial charge in [0.2, 0.25) is 0 Å². The van der Waals surface area contributed by atoms with E-state index in [4.69, 9.17) is 4.74 Å². The van der Waals surface area contributed by atoms with E-state index >= 15 is 0 Å². The lowest BCUT2D eigenvalue weighted by Gasteiger charge is -2.09. The quantitative estimate of drug-likeness (QED) is 0.842. The van der Waals surface area contributed by atoms with Gasteiger partial charge in [0, 0.05) is 13.0 Å². The molecule has 1 aliphatic rings. The highest BCUT2D eigenvalue weighted by Crippen LogP contribution is 2.12. The number of alkyl halides is 1. The van der Waals surface area contributed by atoms with Crippen molar-refractivity contribution in [2.45, 2.75) is 25.2 Å². The first kappa shape index (κ1) is 13.9. The molecule has 94 valence electrons. The molecule has 0 saturated carbocycles. The maximum Gasteiger partial charge on any atom is 0.323 e. The van der Waals surface area contributed by atoms with Crippen LogP contribution in [0.5, 0.6) is 0 Å². The lowest BCUT2D eigenvalue weighted by molar-refractivity contribution is -0.147. The van der Waals surface area contributed by atoms with Crippen LogP contribution in [0, 0.1) is 0 Å². The molecule has 0 amide bonds. The van der Waals surface area contributed by atoms with Gasteiger partial charge in [-0.3, -0.25) is 4.79 Å². The summed E-state index contributed by atoms with van der Waals surface area (Å²) in [5, 5.41) is 2.79. The lowest BCUT2D eigenvalue weighted by atomic mass is 10.2. The Morgan fingerprint density at radius 3 is 2.71 bits per heavy atom. The number of carbonyl (C=O) groups excluding carboxylic acids is 1. The third-order valence-corrected chi connectivity index (χ3v) is 2.59. The Bertz CT molecular complexity index is 361. The van der Waals surface area contributed by atoms with Crippen LogP contribution < -0.4 is 5.32 Å². The number of hydrogen-bond donors (Lipinski definition) is 1. The van der Waals surface area contributed by atoms with Crippen molar-refractivity contribution in [3.05, 3.63) is 35.9 Å². The maximum absolute atomic E-state index is 12.8. The summed E-state index contributed by atoms with van der Waals surface area (Å²) in [6.45, 7) is 0.486. The fourth-order valence-corrected chi connectivity index (χ4v) is 1.70. The van der Waals surface area contributed by atoms with Crippen molar-refractivity contribution >= 4 is 18.4 Å². The van der Waals surface area contributed by atoms with E-state index in [0.29, 0.717) is 0 Å². The summed E-state index contributed by atoms with van der Waals surface area (Å²) in [7, 11) is 0. The van der Waals surface area contributed by atoms with Crippen LogP contribution in [0.2, 0.25) is 0 Å². The molecule has 0 aliphatic carbocycles. The third-order valence-electron chi connectivity index (χ3n) is 2.59. The first-order valence-electron chi connectivity index (χ1n) is 5.34. The number of hydrogen-bond acceptors (Lipinski definition) is 3. The number of carbonyl (C=O) groups is 1. The van der Waals surface area contributed by atoms with Gasteiger partial charge in [0.25, 0.3) is 0 Å². The Kier molecular flexibility index (Phi) is 5.38. The van der Waals surface area contributed by atoms with Gasteiger partial charge in [-0.05, 0) is 5.56 Å². The molecule has 17 heavy (non-hydrogen) atoms. The fraction of sp³-hybridized carbons (Fsp3) is 0.417. The fourth-order valence-electron chi connectivity index (χ4n) is 1.70. The number of nitrogens with one attached hydrogen (secondary N) is 1. The summed E-state index contributed by atoms with van der Waals surface area (Å²) >= 11 is 0. The molecule has 1 aromatic rings. The second kappa shape index (κ2) is 6.57. The highest BCUT2D eigenvalue weighted by Gasteiger charge is 2.30. The van der Waals surface area contributed by atoms with Gasteiger partial charge in [-0.25, -0.2) is 4.39 Å². The van der Waals surface area contributed by atoms with Crippen LogP contribution in [0.25, 0.3) is 0 Å². The van der Waals surface area contributed by atoms with Crippen molar-refractivity contribution in [1.82, 2.24) is 5.32 Å². The molecule has 3 nitrogen and oxygen atoms in total. The van der Waals surface area contributed by atoms with Crippen LogP contribution in [0.4, 0.5) is 4.39 Å². The first-order valence-corrected chi connectivity index (χ1v) is 5.34. The van der Waals surface area contributed by atoms with Gasteiger partial charge >= 0.3 is 5.97 Å². The largest absolute Gasteiger partial charge is 0.460 e. The molecule has 0 radical (unpaired) electrons. The molecule has 0 aromatic heterocycles. The minimum atomic E-state index is -0.936. The topological polar surface area (TPSA) is 38.3 Å². The normalized spacial score (nSPS) is 22.9. The molecule has 2 atom stereocenters. The number of halogens is 2. The Hall–Kier alpha value is -1.13. The molecule has 1 N–H and O–H groups in total. The van der Waals surface area contributed by atoms with E-state index < -0.39 is 12.2 Å². The summed E-state index contributed by atoms with van der Waals surface area (Å²) < 4.78 is 17.9. The minimum Gasteiger partial charge on any atom is -0.460 e. The van der Waals surface area contributed by atoms with Crippen LogP contribution in [-0.2, 0) is 16.1 Å². The van der Waals surface area contributed by atoms with Crippen LogP contribution in [-0.4, -0.2) is 24.7 Å². The second-order valence-electron chi connectivity index (χ2n) is 3.89. The van der Waals surface area contributed by atoms with Gasteiger partial charge in [0.1, 0.15) is 18.8 Å². The molecule has 5 heteroatoms. The van der Waals surface area contributed by atoms with E-state index in [1.165, 1.54) is 0 Å². The van der Waals surface area contributed by atoms with E-state index in [2.05, 4.69) is 5.32 Å². The van der Waals surface area contributed by atoms with Crippen molar-refractivity contribution in [3.63, 3.8) is 0 Å². The van der Waals surface area contributed by atoms with Crippen LogP contribution >= 0.6 is 12.4 Å². The summed E-state index contributed by atoms with van der Waals surface area (Å²) in [5.41, 5.74) is 0.936.